The molecule has 0 aliphatic carbocycles. The summed E-state index contributed by atoms with van der Waals surface area (Å²) in [4.78, 5) is 41.7. The molecule has 1 saturated heterocycles. The summed E-state index contributed by atoms with van der Waals surface area (Å²) in [6.07, 6.45) is 1.81. The number of esters is 1. The molecule has 0 radical (unpaired) electrons. The lowest BCUT2D eigenvalue weighted by Crippen LogP contribution is -2.23. The van der Waals surface area contributed by atoms with Gasteiger partial charge in [-0.25, -0.2) is 9.79 Å². The smallest absolute Gasteiger partial charge is 0.337 e. The van der Waals surface area contributed by atoms with Gasteiger partial charge in [-0.05, 0) is 111 Å². The van der Waals surface area contributed by atoms with E-state index in [1.54, 1.807) is 49.5 Å². The third-order valence-electron chi connectivity index (χ3n) is 5.34. The second-order valence-corrected chi connectivity index (χ2v) is 11.3. The molecule has 4 rings (SSSR count). The lowest BCUT2D eigenvalue weighted by molar-refractivity contribution is -0.384. The van der Waals surface area contributed by atoms with Gasteiger partial charge in [-0.2, -0.15) is 0 Å². The summed E-state index contributed by atoms with van der Waals surface area (Å²) in [5.74, 6) is 0.0673. The summed E-state index contributed by atoms with van der Waals surface area (Å²) in [6, 6.07) is 16.8. The predicted molar refractivity (Wildman–Crippen MR) is 163 cm³/mol. The standard InChI is InChI=1S/C26H19I2N3O6S/c1-30-24(32)22(38-26(30)29-18-8-6-17(7-9-18)25(33)36-2)13-16-11-20(27)23(21(28)12-16)37-14-15-4-3-5-19(10-15)31(34)35/h3-13H,14H2,1-2H3. The fraction of sp³-hybridized carbons (Fsp3) is 0.115. The minimum Gasteiger partial charge on any atom is -0.487 e. The van der Waals surface area contributed by atoms with Gasteiger partial charge in [-0.1, -0.05) is 12.1 Å². The molecule has 0 unspecified atom stereocenters. The minimum absolute atomic E-state index is 0.0160. The van der Waals surface area contributed by atoms with Crippen LogP contribution in [0.5, 0.6) is 5.75 Å². The first kappa shape index (κ1) is 28.0. The Balaban J connectivity index is 1.50. The Bertz CT molecular complexity index is 1470. The fourth-order valence-electron chi connectivity index (χ4n) is 3.42. The molecule has 3 aromatic rings. The maximum absolute atomic E-state index is 12.9. The Labute approximate surface area is 249 Å². The monoisotopic (exact) mass is 755 g/mol. The topological polar surface area (TPSA) is 111 Å². The average Bonchev–Trinajstić information content (AvgIpc) is 3.15. The molecule has 0 aromatic heterocycles. The lowest BCUT2D eigenvalue weighted by Gasteiger charge is -2.12. The maximum Gasteiger partial charge on any atom is 0.337 e. The average molecular weight is 755 g/mol. The molecule has 1 fully saturated rings. The molecule has 194 valence electrons. The number of likely N-dealkylation sites (N-methyl/N-ethyl adjacent to an activating group) is 1. The van der Waals surface area contributed by atoms with Gasteiger partial charge in [0.25, 0.3) is 11.6 Å². The van der Waals surface area contributed by atoms with Crippen molar-refractivity contribution in [3.63, 3.8) is 0 Å². The van der Waals surface area contributed by atoms with Gasteiger partial charge >= 0.3 is 5.97 Å². The van der Waals surface area contributed by atoms with E-state index in [4.69, 9.17) is 9.47 Å². The van der Waals surface area contributed by atoms with Crippen LogP contribution < -0.4 is 4.74 Å². The number of benzene rings is 3. The number of nitrogens with zero attached hydrogens (tertiary/aromatic N) is 3. The van der Waals surface area contributed by atoms with E-state index in [9.17, 15) is 19.7 Å². The molecule has 0 atom stereocenters. The van der Waals surface area contributed by atoms with Crippen molar-refractivity contribution in [2.75, 3.05) is 14.2 Å². The van der Waals surface area contributed by atoms with Crippen LogP contribution in [0.2, 0.25) is 0 Å². The van der Waals surface area contributed by atoms with Crippen LogP contribution in [0.15, 0.2) is 70.6 Å². The van der Waals surface area contributed by atoms with Crippen molar-refractivity contribution in [2.24, 2.45) is 4.99 Å². The van der Waals surface area contributed by atoms with Gasteiger partial charge < -0.3 is 9.47 Å². The molecular formula is C26H19I2N3O6S. The van der Waals surface area contributed by atoms with E-state index in [1.165, 1.54) is 35.9 Å². The molecule has 9 nitrogen and oxygen atoms in total. The van der Waals surface area contributed by atoms with Gasteiger partial charge in [0, 0.05) is 19.2 Å². The summed E-state index contributed by atoms with van der Waals surface area (Å²) in [6.45, 7) is 0.188. The number of aliphatic imine (C=N–C) groups is 1. The number of thioether (sulfide) groups is 1. The highest BCUT2D eigenvalue weighted by Crippen LogP contribution is 2.35. The second kappa shape index (κ2) is 12.3. The Morgan fingerprint density at radius 3 is 2.45 bits per heavy atom. The zero-order valence-electron chi connectivity index (χ0n) is 20.0. The normalized spacial score (nSPS) is 15.3. The number of nitro groups is 1. The summed E-state index contributed by atoms with van der Waals surface area (Å²) in [7, 11) is 2.99. The number of amidine groups is 1. The molecule has 1 aliphatic heterocycles. The Morgan fingerprint density at radius 1 is 1.13 bits per heavy atom. The molecule has 0 N–H and O–H groups in total. The first-order valence-corrected chi connectivity index (χ1v) is 13.9. The summed E-state index contributed by atoms with van der Waals surface area (Å²) in [5, 5.41) is 11.5. The molecule has 38 heavy (non-hydrogen) atoms. The van der Waals surface area contributed by atoms with Crippen molar-refractivity contribution in [3.05, 3.63) is 99.5 Å². The van der Waals surface area contributed by atoms with Crippen LogP contribution in [0.3, 0.4) is 0 Å². The number of nitro benzene ring substituents is 1. The molecule has 0 bridgehead atoms. The third kappa shape index (κ3) is 6.53. The summed E-state index contributed by atoms with van der Waals surface area (Å²) in [5.41, 5.74) is 2.56. The van der Waals surface area contributed by atoms with Gasteiger partial charge in [0.15, 0.2) is 5.17 Å². The minimum atomic E-state index is -0.435. The quantitative estimate of drug-likeness (QED) is 0.0903. The van der Waals surface area contributed by atoms with Crippen LogP contribution in [0.25, 0.3) is 6.08 Å². The van der Waals surface area contributed by atoms with E-state index < -0.39 is 10.9 Å². The van der Waals surface area contributed by atoms with Crippen molar-refractivity contribution in [1.82, 2.24) is 4.90 Å². The first-order chi connectivity index (χ1) is 18.2. The van der Waals surface area contributed by atoms with Crippen molar-refractivity contribution >= 4 is 91.4 Å². The number of methoxy groups -OCH3 is 1. The van der Waals surface area contributed by atoms with E-state index >= 15 is 0 Å². The molecule has 1 amide bonds. The number of non-ortho nitro benzene ring substituents is 1. The Morgan fingerprint density at radius 2 is 1.82 bits per heavy atom. The van der Waals surface area contributed by atoms with Crippen LogP contribution in [-0.2, 0) is 16.1 Å². The summed E-state index contributed by atoms with van der Waals surface area (Å²) < 4.78 is 12.4. The van der Waals surface area contributed by atoms with Crippen molar-refractivity contribution in [2.45, 2.75) is 6.61 Å². The SMILES string of the molecule is COC(=O)c1ccc(N=C2SC(=Cc3cc(I)c(OCc4cccc([N+](=O)[O-])c4)c(I)c3)C(=O)N2C)cc1. The van der Waals surface area contributed by atoms with Crippen LogP contribution in [0, 0.1) is 17.3 Å². The largest absolute Gasteiger partial charge is 0.487 e. The van der Waals surface area contributed by atoms with Gasteiger partial charge in [0.05, 0.1) is 35.3 Å². The number of halogens is 2. The Hall–Kier alpha value is -2.98. The molecule has 1 aliphatic rings. The number of amides is 1. The summed E-state index contributed by atoms with van der Waals surface area (Å²) >= 11 is 5.60. The number of carbonyl (C=O) groups is 2. The lowest BCUT2D eigenvalue weighted by atomic mass is 10.2. The van der Waals surface area contributed by atoms with Crippen LogP contribution in [-0.4, -0.2) is 41.0 Å². The van der Waals surface area contributed by atoms with Gasteiger partial charge in [-0.15, -0.1) is 0 Å². The van der Waals surface area contributed by atoms with E-state index in [0.29, 0.717) is 32.6 Å². The van der Waals surface area contributed by atoms with Crippen LogP contribution >= 0.6 is 56.9 Å². The van der Waals surface area contributed by atoms with Crippen LogP contribution in [0.4, 0.5) is 11.4 Å². The highest BCUT2D eigenvalue weighted by atomic mass is 127. The van der Waals surface area contributed by atoms with Gasteiger partial charge in [0.1, 0.15) is 12.4 Å². The third-order valence-corrected chi connectivity index (χ3v) is 8.00. The van der Waals surface area contributed by atoms with Crippen molar-refractivity contribution < 1.29 is 24.0 Å². The number of hydrogen-bond acceptors (Lipinski definition) is 8. The van der Waals surface area contributed by atoms with Crippen molar-refractivity contribution in [3.8, 4) is 5.75 Å². The fourth-order valence-corrected chi connectivity index (χ4v) is 6.53. The van der Waals surface area contributed by atoms with E-state index in [-0.39, 0.29) is 18.2 Å². The molecular weight excluding hydrogens is 736 g/mol. The number of ether oxygens (including phenoxy) is 2. The molecule has 0 saturated carbocycles. The molecule has 1 heterocycles. The maximum atomic E-state index is 12.9. The van der Waals surface area contributed by atoms with E-state index in [1.807, 2.05) is 12.1 Å². The first-order valence-electron chi connectivity index (χ1n) is 11.0. The Kier molecular flexibility index (Phi) is 9.04. The van der Waals surface area contributed by atoms with E-state index in [2.05, 4.69) is 50.2 Å². The second-order valence-electron chi connectivity index (χ2n) is 7.94. The number of carbonyl (C=O) groups excluding carboxylic acids is 2. The van der Waals surface area contributed by atoms with Gasteiger partial charge in [-0.3, -0.25) is 19.8 Å². The van der Waals surface area contributed by atoms with Gasteiger partial charge in [0.2, 0.25) is 0 Å². The highest BCUT2D eigenvalue weighted by molar-refractivity contribution is 14.1. The number of hydrogen-bond donors (Lipinski definition) is 0. The molecule has 12 heteroatoms. The van der Waals surface area contributed by atoms with Crippen molar-refractivity contribution in [1.29, 1.82) is 0 Å². The van der Waals surface area contributed by atoms with Crippen LogP contribution in [0.1, 0.15) is 21.5 Å². The highest BCUT2D eigenvalue weighted by Gasteiger charge is 2.30. The molecule has 0 spiro atoms. The zero-order chi connectivity index (χ0) is 27.4. The van der Waals surface area contributed by atoms with E-state index in [0.717, 1.165) is 12.7 Å². The number of rotatable bonds is 7. The predicted octanol–water partition coefficient (Wildman–Crippen LogP) is 6.40. The zero-order valence-corrected chi connectivity index (χ0v) is 25.1. The molecule has 3 aromatic carbocycles.